The van der Waals surface area contributed by atoms with Crippen LogP contribution in [-0.2, 0) is 11.2 Å². The lowest BCUT2D eigenvalue weighted by Crippen LogP contribution is -2.45. The molecule has 0 saturated heterocycles. The summed E-state index contributed by atoms with van der Waals surface area (Å²) >= 11 is 12.5. The first-order valence-corrected chi connectivity index (χ1v) is 11.4. The smallest absolute Gasteiger partial charge is 0.226 e. The monoisotopic (exact) mass is 473 g/mol. The zero-order chi connectivity index (χ0) is 22.7. The predicted octanol–water partition coefficient (Wildman–Crippen LogP) is 4.82. The highest BCUT2D eigenvalue weighted by Gasteiger charge is 2.25. The van der Waals surface area contributed by atoms with Crippen LogP contribution in [0, 0.1) is 0 Å². The van der Waals surface area contributed by atoms with E-state index in [2.05, 4.69) is 5.32 Å². The predicted molar refractivity (Wildman–Crippen MR) is 126 cm³/mol. The highest BCUT2D eigenvalue weighted by molar-refractivity contribution is 6.36. The topological polar surface area (TPSA) is 76.4 Å². The second-order valence-corrected chi connectivity index (χ2v) is 8.79. The van der Waals surface area contributed by atoms with Crippen LogP contribution in [-0.4, -0.2) is 39.8 Å². The molecule has 0 radical (unpaired) electrons. The van der Waals surface area contributed by atoms with E-state index in [0.29, 0.717) is 27.1 Å². The fraction of sp³-hybridized carbons (Fsp3) is 0.333. The number of methoxy groups -OCH3 is 1. The molecule has 2 atom stereocenters. The number of hydrogen-bond donors (Lipinski definition) is 2. The first-order valence-electron chi connectivity index (χ1n) is 10.6. The van der Waals surface area contributed by atoms with Crippen LogP contribution in [0.2, 0.25) is 10.0 Å². The van der Waals surface area contributed by atoms with E-state index in [1.807, 2.05) is 41.1 Å². The van der Waals surface area contributed by atoms with Crippen LogP contribution in [0.3, 0.4) is 0 Å². The first kappa shape index (κ1) is 22.6. The minimum absolute atomic E-state index is 0.102. The lowest BCUT2D eigenvalue weighted by atomic mass is 9.92. The highest BCUT2D eigenvalue weighted by atomic mass is 35.5. The van der Waals surface area contributed by atoms with E-state index in [1.54, 1.807) is 19.2 Å². The molecule has 0 aliphatic heterocycles. The van der Waals surface area contributed by atoms with Gasteiger partial charge in [-0.1, -0.05) is 36.0 Å². The molecule has 1 aliphatic carbocycles. The Bertz CT molecular complexity index is 1100. The van der Waals surface area contributed by atoms with Crippen molar-refractivity contribution in [2.75, 3.05) is 7.11 Å². The Labute approximate surface area is 197 Å². The minimum Gasteiger partial charge on any atom is -0.497 e. The molecule has 1 amide bonds. The molecular weight excluding hydrogens is 449 g/mol. The molecule has 0 unspecified atom stereocenters. The molecule has 0 bridgehead atoms. The van der Waals surface area contributed by atoms with Gasteiger partial charge in [-0.25, -0.2) is 4.98 Å². The second-order valence-electron chi connectivity index (χ2n) is 7.95. The summed E-state index contributed by atoms with van der Waals surface area (Å²) in [6.45, 7) is 0. The van der Waals surface area contributed by atoms with Gasteiger partial charge in [0.25, 0.3) is 0 Å². The van der Waals surface area contributed by atoms with Crippen molar-refractivity contribution in [3.05, 3.63) is 64.4 Å². The maximum Gasteiger partial charge on any atom is 0.226 e. The summed E-state index contributed by atoms with van der Waals surface area (Å²) in [5, 5.41) is 14.1. The van der Waals surface area contributed by atoms with Gasteiger partial charge in [-0.05, 0) is 55.3 Å². The number of nitrogens with one attached hydrogen (secondary N) is 1. The van der Waals surface area contributed by atoms with Gasteiger partial charge in [0.05, 0.1) is 36.4 Å². The minimum atomic E-state index is -0.493. The molecule has 2 aromatic carbocycles. The summed E-state index contributed by atoms with van der Waals surface area (Å²) in [7, 11) is 1.62. The number of aliphatic hydroxyl groups is 1. The van der Waals surface area contributed by atoms with Crippen molar-refractivity contribution in [1.82, 2.24) is 14.9 Å². The van der Waals surface area contributed by atoms with E-state index < -0.39 is 6.10 Å². The molecule has 1 fully saturated rings. The first-order chi connectivity index (χ1) is 15.4. The van der Waals surface area contributed by atoms with E-state index in [0.717, 1.165) is 37.1 Å². The number of amides is 1. The Kier molecular flexibility index (Phi) is 7.04. The van der Waals surface area contributed by atoms with Gasteiger partial charge in [-0.2, -0.15) is 0 Å². The number of aliphatic hydroxyl groups excluding tert-OH is 1. The van der Waals surface area contributed by atoms with Gasteiger partial charge >= 0.3 is 0 Å². The third-order valence-electron chi connectivity index (χ3n) is 5.70. The van der Waals surface area contributed by atoms with Crippen LogP contribution in [0.25, 0.3) is 17.1 Å². The maximum absolute atomic E-state index is 12.7. The maximum atomic E-state index is 12.7. The quantitative estimate of drug-likeness (QED) is 0.538. The van der Waals surface area contributed by atoms with Crippen molar-refractivity contribution in [3.63, 3.8) is 0 Å². The van der Waals surface area contributed by atoms with Crippen LogP contribution in [0.5, 0.6) is 5.75 Å². The van der Waals surface area contributed by atoms with Crippen molar-refractivity contribution in [2.24, 2.45) is 0 Å². The van der Waals surface area contributed by atoms with Gasteiger partial charge in [0, 0.05) is 22.5 Å². The molecule has 1 aliphatic rings. The number of hydrogen-bond acceptors (Lipinski definition) is 4. The molecule has 168 valence electrons. The van der Waals surface area contributed by atoms with Crippen LogP contribution in [0.4, 0.5) is 0 Å². The summed E-state index contributed by atoms with van der Waals surface area (Å²) < 4.78 is 7.15. The van der Waals surface area contributed by atoms with Crippen molar-refractivity contribution in [2.45, 2.75) is 44.2 Å². The zero-order valence-electron chi connectivity index (χ0n) is 17.7. The number of aromatic nitrogens is 2. The molecule has 8 heteroatoms. The number of nitrogens with zero attached hydrogens (tertiary/aromatic N) is 2. The Morgan fingerprint density at radius 2 is 1.94 bits per heavy atom. The Morgan fingerprint density at radius 1 is 1.19 bits per heavy atom. The van der Waals surface area contributed by atoms with Gasteiger partial charge < -0.3 is 15.2 Å². The normalized spacial score (nSPS) is 18.4. The second kappa shape index (κ2) is 9.94. The number of carbonyl (C=O) groups is 1. The third-order valence-corrected chi connectivity index (χ3v) is 6.24. The molecule has 1 heterocycles. The number of carbonyl (C=O) groups excluding carboxylic acids is 1. The van der Waals surface area contributed by atoms with E-state index >= 15 is 0 Å². The third kappa shape index (κ3) is 5.09. The van der Waals surface area contributed by atoms with Crippen LogP contribution < -0.4 is 10.1 Å². The summed E-state index contributed by atoms with van der Waals surface area (Å²) in [6, 6.07) is 12.6. The number of imidazole rings is 1. The fourth-order valence-electron chi connectivity index (χ4n) is 4.02. The van der Waals surface area contributed by atoms with E-state index in [1.165, 1.54) is 0 Å². The highest BCUT2D eigenvalue weighted by Crippen LogP contribution is 2.32. The molecule has 2 N–H and O–H groups in total. The number of rotatable bonds is 6. The average Bonchev–Trinajstić information content (AvgIpc) is 3.18. The summed E-state index contributed by atoms with van der Waals surface area (Å²) in [5.74, 6) is 1.19. The lowest BCUT2D eigenvalue weighted by molar-refractivity contribution is -0.122. The van der Waals surface area contributed by atoms with E-state index in [9.17, 15) is 9.90 Å². The lowest BCUT2D eigenvalue weighted by Gasteiger charge is -2.28. The molecule has 3 aromatic rings. The molecule has 1 saturated carbocycles. The Balaban J connectivity index is 1.64. The SMILES string of the molecule is COc1ccc(-n2cc(CC(=O)N[C@@H]3CCCC[C@H]3O)nc2-c2ccc(Cl)cc2Cl)cc1. The Morgan fingerprint density at radius 3 is 2.62 bits per heavy atom. The van der Waals surface area contributed by atoms with Gasteiger partial charge in [0.2, 0.25) is 5.91 Å². The van der Waals surface area contributed by atoms with Crippen LogP contribution in [0.1, 0.15) is 31.4 Å². The molecule has 1 aromatic heterocycles. The van der Waals surface area contributed by atoms with Crippen molar-refractivity contribution in [1.29, 1.82) is 0 Å². The summed E-state index contributed by atoms with van der Waals surface area (Å²) in [5.41, 5.74) is 2.17. The zero-order valence-corrected chi connectivity index (χ0v) is 19.2. The van der Waals surface area contributed by atoms with Gasteiger partial charge in [-0.3, -0.25) is 9.36 Å². The summed E-state index contributed by atoms with van der Waals surface area (Å²) in [4.78, 5) is 17.4. The molecule has 32 heavy (non-hydrogen) atoms. The average molecular weight is 474 g/mol. The van der Waals surface area contributed by atoms with Crippen LogP contribution in [0.15, 0.2) is 48.7 Å². The number of ether oxygens (including phenoxy) is 1. The Hall–Kier alpha value is -2.54. The fourth-order valence-corrected chi connectivity index (χ4v) is 4.51. The van der Waals surface area contributed by atoms with Gasteiger partial charge in [-0.15, -0.1) is 0 Å². The van der Waals surface area contributed by atoms with Gasteiger partial charge in [0.1, 0.15) is 11.6 Å². The number of benzene rings is 2. The van der Waals surface area contributed by atoms with Crippen molar-refractivity contribution >= 4 is 29.1 Å². The molecule has 4 rings (SSSR count). The van der Waals surface area contributed by atoms with E-state index in [-0.39, 0.29) is 18.4 Å². The molecular formula is C24H25Cl2N3O3. The number of halogens is 2. The van der Waals surface area contributed by atoms with Crippen molar-refractivity contribution < 1.29 is 14.6 Å². The molecule has 0 spiro atoms. The molecule has 6 nitrogen and oxygen atoms in total. The standard InChI is InChI=1S/C24H25Cl2N3O3/c1-32-18-9-7-17(8-10-18)29-14-16(13-23(31)28-21-4-2-3-5-22(21)30)27-24(29)19-11-6-15(25)12-20(19)26/h6-12,14,21-22,30H,2-5,13H2,1H3,(H,28,31)/t21-,22-/m1/s1. The van der Waals surface area contributed by atoms with Crippen LogP contribution >= 0.6 is 23.2 Å². The largest absolute Gasteiger partial charge is 0.497 e. The summed E-state index contributed by atoms with van der Waals surface area (Å²) in [6.07, 6.45) is 4.95. The van der Waals surface area contributed by atoms with E-state index in [4.69, 9.17) is 32.9 Å². The van der Waals surface area contributed by atoms with Gasteiger partial charge in [0.15, 0.2) is 0 Å². The van der Waals surface area contributed by atoms with Crippen molar-refractivity contribution in [3.8, 4) is 22.8 Å².